The summed E-state index contributed by atoms with van der Waals surface area (Å²) in [4.78, 5) is 35.3. The van der Waals surface area contributed by atoms with Crippen molar-refractivity contribution in [3.63, 3.8) is 0 Å². The minimum absolute atomic E-state index is 0.233. The molecular weight excluding hydrogens is 338 g/mol. The lowest BCUT2D eigenvalue weighted by molar-refractivity contribution is 0.100. The maximum atomic E-state index is 12.5. The molecule has 0 aliphatic carbocycles. The molecule has 0 aliphatic heterocycles. The molecule has 4 heterocycles. The molecule has 0 radical (unpaired) electrons. The fourth-order valence-corrected chi connectivity index (χ4v) is 3.51. The molecule has 0 spiro atoms. The molecule has 0 atom stereocenters. The van der Waals surface area contributed by atoms with E-state index in [1.54, 1.807) is 10.6 Å². The smallest absolute Gasteiger partial charge is 0.290 e. The van der Waals surface area contributed by atoms with Crippen molar-refractivity contribution in [1.29, 1.82) is 0 Å². The lowest BCUT2D eigenvalue weighted by Crippen LogP contribution is -2.33. The van der Waals surface area contributed by atoms with E-state index in [1.807, 2.05) is 38.2 Å². The lowest BCUT2D eigenvalue weighted by atomic mass is 10.3. The molecule has 0 aliphatic rings. The van der Waals surface area contributed by atoms with Crippen LogP contribution in [0.2, 0.25) is 0 Å². The van der Waals surface area contributed by atoms with Crippen molar-refractivity contribution in [3.05, 3.63) is 63.4 Å². The normalized spacial score (nSPS) is 11.3. The monoisotopic (exact) mass is 353 g/mol. The maximum absolute atomic E-state index is 12.5. The summed E-state index contributed by atoms with van der Waals surface area (Å²) in [5.74, 6) is -0.462. The number of fused-ring (bicyclic) bond motifs is 2. The van der Waals surface area contributed by atoms with Crippen molar-refractivity contribution in [3.8, 4) is 0 Å². The zero-order valence-electron chi connectivity index (χ0n) is 13.7. The standard InChI is InChI=1S/C17H15N5O2S/c1-3-11-7-12-16(25-11)18-9-22(17(12)24)20-15(23)13-8-21-5-4-10(2)6-14(21)19-13/h4-9H,3H2,1-2H3,(H,20,23). The van der Waals surface area contributed by atoms with Crippen molar-refractivity contribution in [1.82, 2.24) is 19.0 Å². The fraction of sp³-hybridized carbons (Fsp3) is 0.176. The van der Waals surface area contributed by atoms with Gasteiger partial charge in [0, 0.05) is 17.3 Å². The summed E-state index contributed by atoms with van der Waals surface area (Å²) in [6.07, 6.45) is 5.64. The third kappa shape index (κ3) is 2.70. The summed E-state index contributed by atoms with van der Waals surface area (Å²) in [6.45, 7) is 3.98. The number of aryl methyl sites for hydroxylation is 2. The Morgan fingerprint density at radius 1 is 1.36 bits per heavy atom. The number of hydrogen-bond donors (Lipinski definition) is 1. The van der Waals surface area contributed by atoms with Crippen LogP contribution in [0.15, 0.2) is 41.7 Å². The minimum atomic E-state index is -0.462. The Bertz CT molecular complexity index is 1170. The Kier molecular flexibility index (Phi) is 3.61. The van der Waals surface area contributed by atoms with Gasteiger partial charge in [0.1, 0.15) is 22.5 Å². The highest BCUT2D eigenvalue weighted by atomic mass is 32.1. The van der Waals surface area contributed by atoms with Crippen LogP contribution in [0.25, 0.3) is 15.9 Å². The molecule has 7 nitrogen and oxygen atoms in total. The predicted molar refractivity (Wildman–Crippen MR) is 96.9 cm³/mol. The van der Waals surface area contributed by atoms with E-state index in [0.29, 0.717) is 15.9 Å². The first kappa shape index (κ1) is 15.5. The van der Waals surface area contributed by atoms with E-state index in [9.17, 15) is 9.59 Å². The van der Waals surface area contributed by atoms with Gasteiger partial charge < -0.3 is 4.40 Å². The quantitative estimate of drug-likeness (QED) is 0.613. The predicted octanol–water partition coefficient (Wildman–Crippen LogP) is 2.36. The van der Waals surface area contributed by atoms with E-state index in [-0.39, 0.29) is 11.3 Å². The number of imidazole rings is 1. The molecule has 0 aromatic carbocycles. The summed E-state index contributed by atoms with van der Waals surface area (Å²) < 4.78 is 2.87. The number of pyridine rings is 1. The highest BCUT2D eigenvalue weighted by Crippen LogP contribution is 2.20. The van der Waals surface area contributed by atoms with Gasteiger partial charge in [-0.15, -0.1) is 11.3 Å². The number of nitrogens with zero attached hydrogens (tertiary/aromatic N) is 4. The lowest BCUT2D eigenvalue weighted by Gasteiger charge is -2.05. The fourth-order valence-electron chi connectivity index (χ4n) is 2.59. The van der Waals surface area contributed by atoms with E-state index in [4.69, 9.17) is 0 Å². The van der Waals surface area contributed by atoms with Crippen LogP contribution in [0.4, 0.5) is 0 Å². The molecule has 1 N–H and O–H groups in total. The Labute approximate surface area is 146 Å². The van der Waals surface area contributed by atoms with Crippen LogP contribution in [0.1, 0.15) is 27.9 Å². The Hall–Kier alpha value is -3.00. The minimum Gasteiger partial charge on any atom is -0.306 e. The van der Waals surface area contributed by atoms with Gasteiger partial charge in [-0.05, 0) is 37.1 Å². The molecule has 8 heteroatoms. The van der Waals surface area contributed by atoms with Crippen LogP contribution in [0.3, 0.4) is 0 Å². The number of thiophene rings is 1. The first-order valence-electron chi connectivity index (χ1n) is 7.82. The largest absolute Gasteiger partial charge is 0.306 e. The molecule has 4 rings (SSSR count). The summed E-state index contributed by atoms with van der Waals surface area (Å²) >= 11 is 1.49. The van der Waals surface area contributed by atoms with Crippen molar-refractivity contribution in [2.45, 2.75) is 20.3 Å². The Morgan fingerprint density at radius 3 is 3.00 bits per heavy atom. The van der Waals surface area contributed by atoms with Crippen LogP contribution < -0.4 is 11.0 Å². The van der Waals surface area contributed by atoms with Gasteiger partial charge in [0.25, 0.3) is 11.5 Å². The second-order valence-electron chi connectivity index (χ2n) is 5.74. The zero-order chi connectivity index (χ0) is 17.6. The molecule has 0 fully saturated rings. The average Bonchev–Trinajstić information content (AvgIpc) is 3.20. The third-order valence-electron chi connectivity index (χ3n) is 3.92. The van der Waals surface area contributed by atoms with E-state index in [2.05, 4.69) is 15.4 Å². The summed E-state index contributed by atoms with van der Waals surface area (Å²) in [5.41, 5.74) is 4.22. The van der Waals surface area contributed by atoms with Crippen LogP contribution in [-0.2, 0) is 6.42 Å². The molecule has 25 heavy (non-hydrogen) atoms. The van der Waals surface area contributed by atoms with Gasteiger partial charge >= 0.3 is 0 Å². The van der Waals surface area contributed by atoms with E-state index in [0.717, 1.165) is 21.5 Å². The van der Waals surface area contributed by atoms with Gasteiger partial charge in [-0.1, -0.05) is 6.92 Å². The van der Waals surface area contributed by atoms with Crippen LogP contribution in [0.5, 0.6) is 0 Å². The molecule has 0 bridgehead atoms. The number of carbonyl (C=O) groups excluding carboxylic acids is 1. The van der Waals surface area contributed by atoms with Crippen molar-refractivity contribution in [2.75, 3.05) is 5.43 Å². The van der Waals surface area contributed by atoms with Gasteiger partial charge in [-0.3, -0.25) is 15.0 Å². The number of amides is 1. The van der Waals surface area contributed by atoms with Gasteiger partial charge in [-0.25, -0.2) is 14.6 Å². The highest BCUT2D eigenvalue weighted by molar-refractivity contribution is 7.18. The summed E-state index contributed by atoms with van der Waals surface area (Å²) in [7, 11) is 0. The van der Waals surface area contributed by atoms with Gasteiger partial charge in [-0.2, -0.15) is 0 Å². The number of rotatable bonds is 3. The van der Waals surface area contributed by atoms with Crippen LogP contribution in [0, 0.1) is 6.92 Å². The molecular formula is C17H15N5O2S. The second kappa shape index (κ2) is 5.82. The van der Waals surface area contributed by atoms with Gasteiger partial charge in [0.05, 0.1) is 5.39 Å². The number of aromatic nitrogens is 4. The number of hydrogen-bond acceptors (Lipinski definition) is 5. The molecule has 126 valence electrons. The molecule has 4 aromatic rings. The molecule has 4 aromatic heterocycles. The summed E-state index contributed by atoms with van der Waals surface area (Å²) in [6, 6.07) is 5.64. The van der Waals surface area contributed by atoms with Gasteiger partial charge in [0.2, 0.25) is 0 Å². The number of carbonyl (C=O) groups is 1. The summed E-state index contributed by atoms with van der Waals surface area (Å²) in [5, 5.41) is 0.510. The third-order valence-corrected chi connectivity index (χ3v) is 5.11. The van der Waals surface area contributed by atoms with E-state index >= 15 is 0 Å². The Balaban J connectivity index is 1.68. The highest BCUT2D eigenvalue weighted by Gasteiger charge is 2.14. The number of nitrogens with one attached hydrogen (secondary N) is 1. The second-order valence-corrected chi connectivity index (χ2v) is 6.86. The first-order valence-corrected chi connectivity index (χ1v) is 8.63. The molecule has 0 unspecified atom stereocenters. The molecule has 1 amide bonds. The SMILES string of the molecule is CCc1cc2c(=O)n(NC(=O)c3cn4ccc(C)cc4n3)cnc2s1. The molecule has 0 saturated carbocycles. The zero-order valence-corrected chi connectivity index (χ0v) is 14.5. The maximum Gasteiger partial charge on any atom is 0.290 e. The van der Waals surface area contributed by atoms with E-state index < -0.39 is 5.91 Å². The van der Waals surface area contributed by atoms with Gasteiger partial charge in [0.15, 0.2) is 0 Å². The van der Waals surface area contributed by atoms with Crippen LogP contribution >= 0.6 is 11.3 Å². The topological polar surface area (TPSA) is 81.3 Å². The van der Waals surface area contributed by atoms with Crippen LogP contribution in [-0.4, -0.2) is 25.0 Å². The Morgan fingerprint density at radius 2 is 2.20 bits per heavy atom. The first-order chi connectivity index (χ1) is 12.0. The van der Waals surface area contributed by atoms with Crippen molar-refractivity contribution >= 4 is 33.1 Å². The van der Waals surface area contributed by atoms with Crippen molar-refractivity contribution < 1.29 is 4.79 Å². The van der Waals surface area contributed by atoms with Crippen molar-refractivity contribution in [2.24, 2.45) is 0 Å². The van der Waals surface area contributed by atoms with E-state index in [1.165, 1.54) is 17.7 Å². The average molecular weight is 353 g/mol. The molecule has 0 saturated heterocycles.